The molecule has 3 heteroatoms. The topological polar surface area (TPSA) is 23.6 Å². The highest BCUT2D eigenvalue weighted by molar-refractivity contribution is 5.78. The molecule has 1 aromatic rings. The molecule has 1 amide bonds. The number of piperidine rings is 1. The van der Waals surface area contributed by atoms with E-state index in [0.29, 0.717) is 11.9 Å². The Hall–Kier alpha value is -1.35. The smallest absolute Gasteiger partial charge is 0.222 e. The summed E-state index contributed by atoms with van der Waals surface area (Å²) in [6, 6.07) is 9.32. The van der Waals surface area contributed by atoms with E-state index in [-0.39, 0.29) is 0 Å². The monoisotopic (exact) mass is 286 g/mol. The van der Waals surface area contributed by atoms with Gasteiger partial charge in [-0.15, -0.1) is 0 Å². The number of hydrogen-bond acceptors (Lipinski definition) is 2. The van der Waals surface area contributed by atoms with Gasteiger partial charge in [0.2, 0.25) is 5.91 Å². The third-order valence-electron chi connectivity index (χ3n) is 4.87. The zero-order valence-corrected chi connectivity index (χ0v) is 13.1. The number of carbonyl (C=O) groups is 1. The van der Waals surface area contributed by atoms with Crippen molar-refractivity contribution in [2.75, 3.05) is 26.2 Å². The van der Waals surface area contributed by atoms with E-state index in [4.69, 9.17) is 0 Å². The van der Waals surface area contributed by atoms with Crippen LogP contribution in [0.25, 0.3) is 0 Å². The minimum atomic E-state index is 0.375. The minimum Gasteiger partial charge on any atom is -0.338 e. The number of likely N-dealkylation sites (tertiary alicyclic amines) is 2. The first kappa shape index (κ1) is 14.6. The Morgan fingerprint density at radius 1 is 1.14 bits per heavy atom. The van der Waals surface area contributed by atoms with Crippen LogP contribution in [0.5, 0.6) is 0 Å². The molecule has 0 saturated carbocycles. The van der Waals surface area contributed by atoms with E-state index in [1.54, 1.807) is 0 Å². The fourth-order valence-corrected chi connectivity index (χ4v) is 3.59. The van der Waals surface area contributed by atoms with Crippen molar-refractivity contribution in [3.8, 4) is 0 Å². The van der Waals surface area contributed by atoms with E-state index in [0.717, 1.165) is 38.9 Å². The van der Waals surface area contributed by atoms with Gasteiger partial charge in [0, 0.05) is 32.1 Å². The van der Waals surface area contributed by atoms with Crippen LogP contribution >= 0.6 is 0 Å². The SMILES string of the molecule is Cc1ccc(CCN2CCC[C@H](N3CCCC3=O)C2)cc1. The second-order valence-electron chi connectivity index (χ2n) is 6.52. The Kier molecular flexibility index (Phi) is 4.59. The van der Waals surface area contributed by atoms with Crippen LogP contribution in [-0.4, -0.2) is 47.9 Å². The van der Waals surface area contributed by atoms with Crippen LogP contribution in [0.2, 0.25) is 0 Å². The largest absolute Gasteiger partial charge is 0.338 e. The van der Waals surface area contributed by atoms with Gasteiger partial charge in [0.25, 0.3) is 0 Å². The number of carbonyl (C=O) groups excluding carboxylic acids is 1. The van der Waals surface area contributed by atoms with Crippen molar-refractivity contribution in [3.05, 3.63) is 35.4 Å². The summed E-state index contributed by atoms with van der Waals surface area (Å²) in [6.07, 6.45) is 5.34. The van der Waals surface area contributed by atoms with Gasteiger partial charge in [-0.05, 0) is 44.7 Å². The molecule has 0 aromatic heterocycles. The molecule has 2 aliphatic heterocycles. The molecular weight excluding hydrogens is 260 g/mol. The number of nitrogens with zero attached hydrogens (tertiary/aromatic N) is 2. The molecular formula is C18H26N2O. The molecule has 0 radical (unpaired) electrons. The second-order valence-corrected chi connectivity index (χ2v) is 6.52. The van der Waals surface area contributed by atoms with Crippen LogP contribution in [-0.2, 0) is 11.2 Å². The zero-order valence-electron chi connectivity index (χ0n) is 13.1. The summed E-state index contributed by atoms with van der Waals surface area (Å²) in [4.78, 5) is 16.6. The molecule has 0 bridgehead atoms. The van der Waals surface area contributed by atoms with Crippen molar-refractivity contribution in [2.24, 2.45) is 0 Å². The number of amides is 1. The Bertz CT molecular complexity index is 482. The molecule has 2 fully saturated rings. The quantitative estimate of drug-likeness (QED) is 0.849. The fraction of sp³-hybridized carbons (Fsp3) is 0.611. The maximum Gasteiger partial charge on any atom is 0.222 e. The number of hydrogen-bond donors (Lipinski definition) is 0. The number of aryl methyl sites for hydroxylation is 1. The van der Waals surface area contributed by atoms with Crippen molar-refractivity contribution in [1.29, 1.82) is 0 Å². The highest BCUT2D eigenvalue weighted by atomic mass is 16.2. The van der Waals surface area contributed by atoms with Gasteiger partial charge < -0.3 is 9.80 Å². The maximum absolute atomic E-state index is 11.9. The molecule has 1 atom stereocenters. The van der Waals surface area contributed by atoms with Gasteiger partial charge in [-0.2, -0.15) is 0 Å². The average Bonchev–Trinajstić information content (AvgIpc) is 2.93. The second kappa shape index (κ2) is 6.61. The van der Waals surface area contributed by atoms with Crippen molar-refractivity contribution in [3.63, 3.8) is 0 Å². The van der Waals surface area contributed by atoms with E-state index in [2.05, 4.69) is 41.0 Å². The minimum absolute atomic E-state index is 0.375. The van der Waals surface area contributed by atoms with E-state index in [1.807, 2.05) is 0 Å². The van der Waals surface area contributed by atoms with Gasteiger partial charge in [0.1, 0.15) is 0 Å². The molecule has 3 nitrogen and oxygen atoms in total. The van der Waals surface area contributed by atoms with Gasteiger partial charge in [0.05, 0.1) is 0 Å². The summed E-state index contributed by atoms with van der Waals surface area (Å²) >= 11 is 0. The van der Waals surface area contributed by atoms with E-state index in [9.17, 15) is 4.79 Å². The van der Waals surface area contributed by atoms with E-state index in [1.165, 1.54) is 30.5 Å². The molecule has 0 unspecified atom stereocenters. The Balaban J connectivity index is 1.51. The lowest BCUT2D eigenvalue weighted by atomic mass is 10.0. The van der Waals surface area contributed by atoms with Crippen molar-refractivity contribution >= 4 is 5.91 Å². The van der Waals surface area contributed by atoms with Crippen molar-refractivity contribution in [1.82, 2.24) is 9.80 Å². The van der Waals surface area contributed by atoms with Crippen LogP contribution in [0.1, 0.15) is 36.8 Å². The zero-order chi connectivity index (χ0) is 14.7. The Labute approximate surface area is 127 Å². The van der Waals surface area contributed by atoms with Crippen LogP contribution in [0, 0.1) is 6.92 Å². The average molecular weight is 286 g/mol. The van der Waals surface area contributed by atoms with Gasteiger partial charge in [0.15, 0.2) is 0 Å². The third kappa shape index (κ3) is 3.65. The van der Waals surface area contributed by atoms with E-state index >= 15 is 0 Å². The van der Waals surface area contributed by atoms with Gasteiger partial charge in [-0.3, -0.25) is 4.79 Å². The molecule has 2 aliphatic rings. The first-order valence-electron chi connectivity index (χ1n) is 8.30. The van der Waals surface area contributed by atoms with Crippen LogP contribution in [0.15, 0.2) is 24.3 Å². The van der Waals surface area contributed by atoms with Crippen LogP contribution in [0.4, 0.5) is 0 Å². The summed E-state index contributed by atoms with van der Waals surface area (Å²) in [6.45, 7) is 6.48. The fourth-order valence-electron chi connectivity index (χ4n) is 3.59. The number of benzene rings is 1. The van der Waals surface area contributed by atoms with Gasteiger partial charge >= 0.3 is 0 Å². The summed E-state index contributed by atoms with van der Waals surface area (Å²) in [5.74, 6) is 0.375. The molecule has 0 N–H and O–H groups in total. The predicted molar refractivity (Wildman–Crippen MR) is 85.3 cm³/mol. The van der Waals surface area contributed by atoms with Crippen molar-refractivity contribution < 1.29 is 4.79 Å². The highest BCUT2D eigenvalue weighted by Gasteiger charge is 2.30. The first-order valence-corrected chi connectivity index (χ1v) is 8.30. The molecule has 3 rings (SSSR count). The summed E-state index contributed by atoms with van der Waals surface area (Å²) in [7, 11) is 0. The maximum atomic E-state index is 11.9. The highest BCUT2D eigenvalue weighted by Crippen LogP contribution is 2.21. The van der Waals surface area contributed by atoms with Gasteiger partial charge in [-0.1, -0.05) is 29.8 Å². The standard InChI is InChI=1S/C18H26N2O/c1-15-6-8-16(9-7-15)10-13-19-11-2-4-17(14-19)20-12-3-5-18(20)21/h6-9,17H,2-5,10-14H2,1H3/t17-/m0/s1. The normalized spacial score (nSPS) is 23.8. The summed E-state index contributed by atoms with van der Waals surface area (Å²) in [5, 5.41) is 0. The third-order valence-corrected chi connectivity index (χ3v) is 4.87. The Morgan fingerprint density at radius 3 is 2.67 bits per heavy atom. The van der Waals surface area contributed by atoms with Crippen molar-refractivity contribution in [2.45, 2.75) is 45.1 Å². The van der Waals surface area contributed by atoms with Crippen LogP contribution < -0.4 is 0 Å². The van der Waals surface area contributed by atoms with Gasteiger partial charge in [-0.25, -0.2) is 0 Å². The number of rotatable bonds is 4. The molecule has 21 heavy (non-hydrogen) atoms. The lowest BCUT2D eigenvalue weighted by Gasteiger charge is -2.37. The lowest BCUT2D eigenvalue weighted by Crippen LogP contribution is -2.48. The molecule has 0 spiro atoms. The summed E-state index contributed by atoms with van der Waals surface area (Å²) in [5.41, 5.74) is 2.74. The molecule has 2 heterocycles. The molecule has 2 saturated heterocycles. The first-order chi connectivity index (χ1) is 10.2. The predicted octanol–water partition coefficient (Wildman–Crippen LogP) is 2.62. The molecule has 1 aromatic carbocycles. The molecule has 0 aliphatic carbocycles. The summed E-state index contributed by atoms with van der Waals surface area (Å²) < 4.78 is 0. The molecule has 114 valence electrons. The lowest BCUT2D eigenvalue weighted by molar-refractivity contribution is -0.130. The Morgan fingerprint density at radius 2 is 1.95 bits per heavy atom. The van der Waals surface area contributed by atoms with E-state index < -0.39 is 0 Å². The van der Waals surface area contributed by atoms with Crippen LogP contribution in [0.3, 0.4) is 0 Å².